The molecule has 0 amide bonds. The van der Waals surface area contributed by atoms with Gasteiger partial charge in [-0.3, -0.25) is 0 Å². The van der Waals surface area contributed by atoms with Gasteiger partial charge in [0.25, 0.3) is 0 Å². The average Bonchev–Trinajstić information content (AvgIpc) is 3.14. The number of hydrogen-bond donors (Lipinski definition) is 2. The molecule has 3 N–H and O–H groups in total. The van der Waals surface area contributed by atoms with Crippen LogP contribution in [0.15, 0.2) is 17.1 Å². The summed E-state index contributed by atoms with van der Waals surface area (Å²) in [6, 6.07) is 4.03. The van der Waals surface area contributed by atoms with Crippen LogP contribution in [0.5, 0.6) is 5.75 Å². The summed E-state index contributed by atoms with van der Waals surface area (Å²) >= 11 is 0. The topological polar surface area (TPSA) is 71.1 Å². The number of aliphatic hydroxyl groups excluding tert-OH is 1. The third kappa shape index (κ3) is 2.60. The van der Waals surface area contributed by atoms with Gasteiger partial charge in [0, 0.05) is 18.2 Å². The number of hydrogen-bond acceptors (Lipinski definition) is 5. The molecule has 4 rings (SSSR count). The highest BCUT2D eigenvalue weighted by Gasteiger charge is 2.47. The van der Waals surface area contributed by atoms with E-state index in [1.54, 1.807) is 0 Å². The lowest BCUT2D eigenvalue weighted by Gasteiger charge is -2.39. The van der Waals surface area contributed by atoms with Gasteiger partial charge in [-0.15, -0.1) is 0 Å². The zero-order valence-electron chi connectivity index (χ0n) is 14.3. The molecule has 0 radical (unpaired) electrons. The summed E-state index contributed by atoms with van der Waals surface area (Å²) < 4.78 is 5.97. The highest BCUT2D eigenvalue weighted by atomic mass is 16.5. The lowest BCUT2D eigenvalue weighted by atomic mass is 9.64. The number of ether oxygens (including phenoxy) is 1. The fourth-order valence-corrected chi connectivity index (χ4v) is 4.25. The number of benzene rings is 1. The molecule has 1 aliphatic carbocycles. The van der Waals surface area contributed by atoms with Gasteiger partial charge >= 0.3 is 0 Å². The van der Waals surface area contributed by atoms with Crippen LogP contribution in [0.25, 0.3) is 0 Å². The Morgan fingerprint density at radius 1 is 1.21 bits per heavy atom. The molecule has 2 aliphatic heterocycles. The monoisotopic (exact) mass is 329 g/mol. The third-order valence-electron chi connectivity index (χ3n) is 5.88. The standard InChI is InChI=1S/C19H27N3O2/c20-18-19(5-3-6-19)15-11-14(13-23)17(12-16(15)21-18)24-10-4-9-22-7-1-2-8-22/h11-12,23H,1-10,13H2,(H2,20,21). The minimum Gasteiger partial charge on any atom is -0.493 e. The van der Waals surface area contributed by atoms with Crippen molar-refractivity contribution < 1.29 is 9.84 Å². The van der Waals surface area contributed by atoms with Crippen LogP contribution in [0.2, 0.25) is 0 Å². The summed E-state index contributed by atoms with van der Waals surface area (Å²) in [5.74, 6) is 1.49. The molecular formula is C19H27N3O2. The van der Waals surface area contributed by atoms with Crippen LogP contribution < -0.4 is 10.5 Å². The maximum atomic E-state index is 9.75. The molecule has 1 aromatic carbocycles. The summed E-state index contributed by atoms with van der Waals surface area (Å²) in [4.78, 5) is 7.07. The van der Waals surface area contributed by atoms with Gasteiger partial charge in [0.15, 0.2) is 0 Å². The van der Waals surface area contributed by atoms with E-state index in [1.807, 2.05) is 6.07 Å². The van der Waals surface area contributed by atoms with Crippen LogP contribution in [0.3, 0.4) is 0 Å². The van der Waals surface area contributed by atoms with Crippen LogP contribution in [0.1, 0.15) is 49.7 Å². The van der Waals surface area contributed by atoms with Gasteiger partial charge in [-0.1, -0.05) is 6.42 Å². The molecule has 1 spiro atoms. The van der Waals surface area contributed by atoms with E-state index in [4.69, 9.17) is 10.5 Å². The van der Waals surface area contributed by atoms with Gasteiger partial charge in [-0.25, -0.2) is 4.99 Å². The molecule has 1 saturated heterocycles. The maximum Gasteiger partial charge on any atom is 0.126 e. The molecule has 130 valence electrons. The van der Waals surface area contributed by atoms with E-state index in [-0.39, 0.29) is 12.0 Å². The van der Waals surface area contributed by atoms with Crippen LogP contribution in [0.4, 0.5) is 5.69 Å². The zero-order chi connectivity index (χ0) is 16.6. The van der Waals surface area contributed by atoms with E-state index in [0.29, 0.717) is 6.61 Å². The number of fused-ring (bicyclic) bond motifs is 2. The Labute approximate surface area is 143 Å². The molecule has 1 saturated carbocycles. The van der Waals surface area contributed by atoms with E-state index >= 15 is 0 Å². The Kier molecular flexibility index (Phi) is 4.22. The number of aliphatic imine (C=N–C) groups is 1. The van der Waals surface area contributed by atoms with Gasteiger partial charge < -0.3 is 20.5 Å². The van der Waals surface area contributed by atoms with E-state index in [2.05, 4.69) is 16.0 Å². The van der Waals surface area contributed by atoms with Crippen LogP contribution in [0, 0.1) is 0 Å². The second kappa shape index (κ2) is 6.37. The Bertz CT molecular complexity index is 646. The minimum atomic E-state index is -0.0620. The normalized spacial score (nSPS) is 21.6. The first-order valence-electron chi connectivity index (χ1n) is 9.21. The molecular weight excluding hydrogens is 302 g/mol. The summed E-state index contributed by atoms with van der Waals surface area (Å²) in [5, 5.41) is 9.75. The molecule has 5 heteroatoms. The zero-order valence-corrected chi connectivity index (χ0v) is 14.3. The lowest BCUT2D eigenvalue weighted by Crippen LogP contribution is -2.44. The molecule has 1 aromatic rings. The summed E-state index contributed by atoms with van der Waals surface area (Å²) in [6.07, 6.45) is 6.98. The van der Waals surface area contributed by atoms with Gasteiger partial charge in [0.05, 0.1) is 24.3 Å². The molecule has 0 aromatic heterocycles. The summed E-state index contributed by atoms with van der Waals surface area (Å²) in [5.41, 5.74) is 9.10. The van der Waals surface area contributed by atoms with Crippen molar-refractivity contribution in [2.24, 2.45) is 10.7 Å². The smallest absolute Gasteiger partial charge is 0.126 e. The first-order chi connectivity index (χ1) is 11.7. The Balaban J connectivity index is 1.44. The molecule has 0 unspecified atom stereocenters. The molecule has 0 atom stereocenters. The summed E-state index contributed by atoms with van der Waals surface area (Å²) in [6.45, 7) is 4.19. The highest BCUT2D eigenvalue weighted by molar-refractivity contribution is 6.00. The van der Waals surface area contributed by atoms with E-state index in [1.165, 1.54) is 37.9 Å². The van der Waals surface area contributed by atoms with Crippen molar-refractivity contribution in [1.29, 1.82) is 0 Å². The van der Waals surface area contributed by atoms with Gasteiger partial charge in [0.2, 0.25) is 0 Å². The van der Waals surface area contributed by atoms with E-state index in [0.717, 1.165) is 48.6 Å². The molecule has 3 aliphatic rings. The Morgan fingerprint density at radius 2 is 2.00 bits per heavy atom. The summed E-state index contributed by atoms with van der Waals surface area (Å²) in [7, 11) is 0. The predicted octanol–water partition coefficient (Wildman–Crippen LogP) is 2.47. The first-order valence-corrected chi connectivity index (χ1v) is 9.21. The SMILES string of the molecule is NC1=Nc2cc(OCCCN3CCCC3)c(CO)cc2C12CCC2. The number of likely N-dealkylation sites (tertiary alicyclic amines) is 1. The van der Waals surface area contributed by atoms with Crippen molar-refractivity contribution in [3.63, 3.8) is 0 Å². The van der Waals surface area contributed by atoms with Crippen LogP contribution >= 0.6 is 0 Å². The maximum absolute atomic E-state index is 9.75. The van der Waals surface area contributed by atoms with Gasteiger partial charge in [0.1, 0.15) is 11.6 Å². The van der Waals surface area contributed by atoms with Crippen molar-refractivity contribution in [3.05, 3.63) is 23.3 Å². The molecule has 5 nitrogen and oxygen atoms in total. The van der Waals surface area contributed by atoms with Crippen molar-refractivity contribution in [3.8, 4) is 5.75 Å². The molecule has 0 bridgehead atoms. The van der Waals surface area contributed by atoms with Crippen molar-refractivity contribution in [2.45, 2.75) is 50.5 Å². The van der Waals surface area contributed by atoms with Crippen LogP contribution in [-0.4, -0.2) is 42.1 Å². The Morgan fingerprint density at radius 3 is 2.67 bits per heavy atom. The van der Waals surface area contributed by atoms with Gasteiger partial charge in [-0.2, -0.15) is 0 Å². The minimum absolute atomic E-state index is 0.00920. The van der Waals surface area contributed by atoms with E-state index in [9.17, 15) is 5.11 Å². The lowest BCUT2D eigenvalue weighted by molar-refractivity contribution is 0.245. The third-order valence-corrected chi connectivity index (χ3v) is 5.88. The quantitative estimate of drug-likeness (QED) is 0.787. The number of aliphatic hydroxyl groups is 1. The van der Waals surface area contributed by atoms with Crippen molar-refractivity contribution in [2.75, 3.05) is 26.2 Å². The van der Waals surface area contributed by atoms with Crippen molar-refractivity contribution in [1.82, 2.24) is 4.90 Å². The highest BCUT2D eigenvalue weighted by Crippen LogP contribution is 2.52. The predicted molar refractivity (Wildman–Crippen MR) is 95.0 cm³/mol. The number of nitrogens with zero attached hydrogens (tertiary/aromatic N) is 2. The largest absolute Gasteiger partial charge is 0.493 e. The fourth-order valence-electron chi connectivity index (χ4n) is 4.25. The first kappa shape index (κ1) is 15.9. The number of nitrogens with two attached hydrogens (primary N) is 1. The second-order valence-electron chi connectivity index (χ2n) is 7.32. The van der Waals surface area contributed by atoms with Crippen molar-refractivity contribution >= 4 is 11.5 Å². The van der Waals surface area contributed by atoms with E-state index < -0.39 is 0 Å². The molecule has 2 heterocycles. The number of amidine groups is 1. The Hall–Kier alpha value is -1.59. The second-order valence-corrected chi connectivity index (χ2v) is 7.32. The van der Waals surface area contributed by atoms with Gasteiger partial charge in [-0.05, 0) is 56.8 Å². The number of rotatable bonds is 6. The fraction of sp³-hybridized carbons (Fsp3) is 0.632. The van der Waals surface area contributed by atoms with Crippen LogP contribution in [-0.2, 0) is 12.0 Å². The molecule has 2 fully saturated rings. The molecule has 24 heavy (non-hydrogen) atoms. The average molecular weight is 329 g/mol.